The molecule has 1 aromatic carbocycles. The zero-order valence-electron chi connectivity index (χ0n) is 15.5. The van der Waals surface area contributed by atoms with Crippen molar-refractivity contribution < 1.29 is 9.72 Å². The number of nitrogens with zero attached hydrogens (tertiary/aromatic N) is 2. The van der Waals surface area contributed by atoms with Gasteiger partial charge in [0.05, 0.1) is 4.92 Å². The molecule has 2 aliphatic heterocycles. The Balaban J connectivity index is 1.80. The Bertz CT molecular complexity index is 663. The van der Waals surface area contributed by atoms with Crippen molar-refractivity contribution in [3.8, 4) is 0 Å². The first kappa shape index (κ1) is 18.6. The van der Waals surface area contributed by atoms with Gasteiger partial charge in [-0.1, -0.05) is 13.8 Å². The molecule has 2 heterocycles. The van der Waals surface area contributed by atoms with E-state index < -0.39 is 0 Å². The van der Waals surface area contributed by atoms with Gasteiger partial charge in [-0.3, -0.25) is 14.9 Å². The highest BCUT2D eigenvalue weighted by molar-refractivity contribution is 5.96. The number of carbonyl (C=O) groups excluding carboxylic acids is 1. The number of carbonyl (C=O) groups is 1. The van der Waals surface area contributed by atoms with Gasteiger partial charge >= 0.3 is 0 Å². The SMILES string of the molecule is CC1CC(C)CN(c2ccc(C(=O)NC3CCNCC3)cc2[N+](=O)[O-])C1. The van der Waals surface area contributed by atoms with E-state index >= 15 is 0 Å². The van der Waals surface area contributed by atoms with Crippen molar-refractivity contribution >= 4 is 17.3 Å². The van der Waals surface area contributed by atoms with Gasteiger partial charge in [0, 0.05) is 30.8 Å². The number of rotatable bonds is 4. The maximum absolute atomic E-state index is 12.5. The van der Waals surface area contributed by atoms with Crippen LogP contribution in [0.3, 0.4) is 0 Å². The van der Waals surface area contributed by atoms with Gasteiger partial charge in [-0.15, -0.1) is 0 Å². The third-order valence-electron chi connectivity index (χ3n) is 5.32. The van der Waals surface area contributed by atoms with Crippen LogP contribution >= 0.6 is 0 Å². The molecule has 1 amide bonds. The second kappa shape index (κ2) is 8.03. The highest BCUT2D eigenvalue weighted by Gasteiger charge is 2.28. The minimum absolute atomic E-state index is 0.0178. The molecule has 3 rings (SSSR count). The average Bonchev–Trinajstić information content (AvgIpc) is 2.61. The number of piperidine rings is 2. The summed E-state index contributed by atoms with van der Waals surface area (Å²) in [6.45, 7) is 7.74. The zero-order valence-corrected chi connectivity index (χ0v) is 15.5. The predicted molar refractivity (Wildman–Crippen MR) is 102 cm³/mol. The van der Waals surface area contributed by atoms with E-state index in [0.29, 0.717) is 23.1 Å². The quantitative estimate of drug-likeness (QED) is 0.636. The van der Waals surface area contributed by atoms with Gasteiger partial charge in [0.2, 0.25) is 0 Å². The number of anilines is 1. The normalized spacial score (nSPS) is 24.3. The molecule has 2 aliphatic rings. The van der Waals surface area contributed by atoms with Gasteiger partial charge in [0.1, 0.15) is 5.69 Å². The first-order valence-electron chi connectivity index (χ1n) is 9.49. The third kappa shape index (κ3) is 4.33. The zero-order chi connectivity index (χ0) is 18.7. The molecule has 7 nitrogen and oxygen atoms in total. The summed E-state index contributed by atoms with van der Waals surface area (Å²) in [5, 5.41) is 17.9. The van der Waals surface area contributed by atoms with Crippen molar-refractivity contribution in [2.75, 3.05) is 31.1 Å². The number of hydrogen-bond donors (Lipinski definition) is 2. The summed E-state index contributed by atoms with van der Waals surface area (Å²) in [5.74, 6) is 0.773. The van der Waals surface area contributed by atoms with E-state index in [1.54, 1.807) is 12.1 Å². The number of nitrogens with one attached hydrogen (secondary N) is 2. The molecule has 0 aromatic heterocycles. The minimum Gasteiger partial charge on any atom is -0.365 e. The number of hydrogen-bond acceptors (Lipinski definition) is 5. The number of nitro groups is 1. The molecule has 0 aliphatic carbocycles. The van der Waals surface area contributed by atoms with Gasteiger partial charge < -0.3 is 15.5 Å². The number of amides is 1. The molecule has 2 fully saturated rings. The average molecular weight is 360 g/mol. The summed E-state index contributed by atoms with van der Waals surface area (Å²) in [4.78, 5) is 25.9. The van der Waals surface area contributed by atoms with Crippen LogP contribution in [-0.4, -0.2) is 43.1 Å². The Morgan fingerprint density at radius 1 is 1.23 bits per heavy atom. The lowest BCUT2D eigenvalue weighted by Gasteiger charge is -2.36. The highest BCUT2D eigenvalue weighted by atomic mass is 16.6. The summed E-state index contributed by atoms with van der Waals surface area (Å²) in [7, 11) is 0. The lowest BCUT2D eigenvalue weighted by Crippen LogP contribution is -2.42. The van der Waals surface area contributed by atoms with Crippen LogP contribution in [0.1, 0.15) is 43.5 Å². The van der Waals surface area contributed by atoms with Gasteiger partial charge in [0.25, 0.3) is 11.6 Å². The molecule has 26 heavy (non-hydrogen) atoms. The van der Waals surface area contributed by atoms with Crippen LogP contribution in [0.5, 0.6) is 0 Å². The van der Waals surface area contributed by atoms with Crippen LogP contribution in [0.2, 0.25) is 0 Å². The fraction of sp³-hybridized carbons (Fsp3) is 0.632. The van der Waals surface area contributed by atoms with Crippen molar-refractivity contribution in [1.29, 1.82) is 0 Å². The highest BCUT2D eigenvalue weighted by Crippen LogP contribution is 2.33. The molecular weight excluding hydrogens is 332 g/mol. The van der Waals surface area contributed by atoms with Crippen LogP contribution in [-0.2, 0) is 0 Å². The fourth-order valence-corrected chi connectivity index (χ4v) is 4.17. The maximum Gasteiger partial charge on any atom is 0.293 e. The summed E-state index contributed by atoms with van der Waals surface area (Å²) in [5.41, 5.74) is 0.994. The van der Waals surface area contributed by atoms with Crippen LogP contribution in [0.25, 0.3) is 0 Å². The summed E-state index contributed by atoms with van der Waals surface area (Å²) >= 11 is 0. The van der Waals surface area contributed by atoms with E-state index in [9.17, 15) is 14.9 Å². The molecule has 142 valence electrons. The molecule has 0 saturated carbocycles. The Morgan fingerprint density at radius 2 is 1.88 bits per heavy atom. The molecule has 0 spiro atoms. The van der Waals surface area contributed by atoms with Gasteiger partial charge in [-0.25, -0.2) is 0 Å². The second-order valence-electron chi connectivity index (χ2n) is 7.81. The van der Waals surface area contributed by atoms with E-state index in [0.717, 1.165) is 45.4 Å². The molecular formula is C19H28N4O3. The first-order valence-corrected chi connectivity index (χ1v) is 9.49. The molecule has 2 N–H and O–H groups in total. The van der Waals surface area contributed by atoms with Gasteiger partial charge in [-0.05, 0) is 56.3 Å². The molecule has 0 bridgehead atoms. The predicted octanol–water partition coefficient (Wildman–Crippen LogP) is 2.56. The molecule has 1 aromatic rings. The molecule has 2 saturated heterocycles. The molecule has 7 heteroatoms. The second-order valence-corrected chi connectivity index (χ2v) is 7.81. The summed E-state index contributed by atoms with van der Waals surface area (Å²) in [6, 6.07) is 5.00. The number of nitro benzene ring substituents is 1. The fourth-order valence-electron chi connectivity index (χ4n) is 4.17. The molecule has 2 unspecified atom stereocenters. The Morgan fingerprint density at radius 3 is 2.50 bits per heavy atom. The van der Waals surface area contributed by atoms with E-state index in [1.165, 1.54) is 6.07 Å². The lowest BCUT2D eigenvalue weighted by molar-refractivity contribution is -0.384. The van der Waals surface area contributed by atoms with E-state index in [-0.39, 0.29) is 22.6 Å². The van der Waals surface area contributed by atoms with Crippen LogP contribution < -0.4 is 15.5 Å². The van der Waals surface area contributed by atoms with Crippen molar-refractivity contribution in [1.82, 2.24) is 10.6 Å². The van der Waals surface area contributed by atoms with Crippen LogP contribution in [0.15, 0.2) is 18.2 Å². The topological polar surface area (TPSA) is 87.5 Å². The van der Waals surface area contributed by atoms with Crippen LogP contribution in [0, 0.1) is 22.0 Å². The Hall–Kier alpha value is -2.15. The monoisotopic (exact) mass is 360 g/mol. The van der Waals surface area contributed by atoms with Gasteiger partial charge in [-0.2, -0.15) is 0 Å². The summed E-state index contributed by atoms with van der Waals surface area (Å²) in [6.07, 6.45) is 2.91. The van der Waals surface area contributed by atoms with Crippen molar-refractivity contribution in [3.05, 3.63) is 33.9 Å². The largest absolute Gasteiger partial charge is 0.365 e. The lowest BCUT2D eigenvalue weighted by atomic mass is 9.91. The third-order valence-corrected chi connectivity index (χ3v) is 5.32. The van der Waals surface area contributed by atoms with E-state index in [1.807, 2.05) is 0 Å². The van der Waals surface area contributed by atoms with Crippen molar-refractivity contribution in [2.24, 2.45) is 11.8 Å². The Labute approximate surface area is 154 Å². The first-order chi connectivity index (χ1) is 12.4. The van der Waals surface area contributed by atoms with Gasteiger partial charge in [0.15, 0.2) is 0 Å². The smallest absolute Gasteiger partial charge is 0.293 e. The molecule has 2 atom stereocenters. The van der Waals surface area contributed by atoms with E-state index in [4.69, 9.17) is 0 Å². The van der Waals surface area contributed by atoms with Crippen molar-refractivity contribution in [3.63, 3.8) is 0 Å². The van der Waals surface area contributed by atoms with Crippen molar-refractivity contribution in [2.45, 2.75) is 39.2 Å². The number of benzene rings is 1. The van der Waals surface area contributed by atoms with Crippen LogP contribution in [0.4, 0.5) is 11.4 Å². The maximum atomic E-state index is 12.5. The summed E-state index contributed by atoms with van der Waals surface area (Å²) < 4.78 is 0. The molecule has 0 radical (unpaired) electrons. The standard InChI is InChI=1S/C19H28N4O3/c1-13-9-14(2)12-22(11-13)17-4-3-15(10-18(17)23(25)26)19(24)21-16-5-7-20-8-6-16/h3-4,10,13-14,16,20H,5-9,11-12H2,1-2H3,(H,21,24). The van der Waals surface area contributed by atoms with E-state index in [2.05, 4.69) is 29.4 Å². The Kier molecular flexibility index (Phi) is 5.76. The minimum atomic E-state index is -0.374.